The summed E-state index contributed by atoms with van der Waals surface area (Å²) < 4.78 is 21.1. The molecule has 0 radical (unpaired) electrons. The van der Waals surface area contributed by atoms with Crippen LogP contribution in [0.3, 0.4) is 0 Å². The molecule has 0 spiro atoms. The summed E-state index contributed by atoms with van der Waals surface area (Å²) in [5.41, 5.74) is 7.35. The number of hydrogen-bond acceptors (Lipinski definition) is 11. The summed E-state index contributed by atoms with van der Waals surface area (Å²) in [7, 11) is 2.53. The van der Waals surface area contributed by atoms with Crippen molar-refractivity contribution >= 4 is 41.4 Å². The number of methoxy groups -OCH3 is 2. The Balaban J connectivity index is 1.11. The largest absolute Gasteiger partial charge is 0.488 e. The van der Waals surface area contributed by atoms with E-state index in [1.54, 1.807) is 18.7 Å². The lowest BCUT2D eigenvalue weighted by Gasteiger charge is -2.31. The van der Waals surface area contributed by atoms with E-state index in [1.807, 2.05) is 38.1 Å². The third-order valence-electron chi connectivity index (χ3n) is 13.0. The number of carbonyl (C=O) groups is 7. The second kappa shape index (κ2) is 20.1. The first kappa shape index (κ1) is 46.0. The molecule has 14 heteroatoms. The first-order valence-corrected chi connectivity index (χ1v) is 22.0. The number of ether oxygens (including phenoxy) is 4. The van der Waals surface area contributed by atoms with E-state index in [4.69, 9.17) is 14.2 Å². The fourth-order valence-corrected chi connectivity index (χ4v) is 9.68. The number of carbonyl (C=O) groups excluding carboxylic acids is 7. The van der Waals surface area contributed by atoms with Crippen LogP contribution in [0.25, 0.3) is 11.1 Å². The van der Waals surface area contributed by atoms with Crippen molar-refractivity contribution in [2.45, 2.75) is 116 Å². The summed E-state index contributed by atoms with van der Waals surface area (Å²) in [5, 5.41) is 2.57. The third-order valence-corrected chi connectivity index (χ3v) is 13.0. The van der Waals surface area contributed by atoms with Crippen LogP contribution in [0.15, 0.2) is 36.6 Å². The van der Waals surface area contributed by atoms with Crippen molar-refractivity contribution in [2.24, 2.45) is 17.8 Å². The van der Waals surface area contributed by atoms with Crippen molar-refractivity contribution in [3.8, 4) is 11.1 Å². The molecule has 2 aliphatic heterocycles. The number of nitrogens with one attached hydrogen (secondary N) is 1. The Morgan fingerprint density at radius 2 is 1.18 bits per heavy atom. The standard InChI is InChI=1S/C48H61N3O11/c1-27(2)38(24-43(54)59-6)45(55)50-22-10-16-39(50)29(5)61-25-41(52)36-20-18-34(30-12-8-14-32(30)36)35-19-21-37(33-15-9-13-31(33)35)42(53)26-62-47(57)40-17-11-23-51(40)46(56)44(28(3)4)49-48(58)60-7/h18-21,27-28,38-40,44H,5,8-17,22-26H2,1-4,6-7H3,(H,49,58)/t38-,39-,40-,44-/m0/s1. The maximum Gasteiger partial charge on any atom is 0.407 e. The monoisotopic (exact) mass is 855 g/mol. The molecule has 2 aromatic carbocycles. The molecule has 6 rings (SSSR count). The van der Waals surface area contributed by atoms with Crippen LogP contribution in [0.5, 0.6) is 0 Å². The number of amides is 3. The molecule has 1 N–H and O–H groups in total. The summed E-state index contributed by atoms with van der Waals surface area (Å²) in [6.45, 7) is 11.7. The molecule has 0 unspecified atom stereocenters. The van der Waals surface area contributed by atoms with Crippen molar-refractivity contribution in [1.82, 2.24) is 15.1 Å². The highest BCUT2D eigenvalue weighted by Crippen LogP contribution is 2.41. The molecule has 62 heavy (non-hydrogen) atoms. The zero-order chi connectivity index (χ0) is 44.8. The van der Waals surface area contributed by atoms with Gasteiger partial charge in [0.2, 0.25) is 17.6 Å². The van der Waals surface area contributed by atoms with Crippen molar-refractivity contribution < 1.29 is 52.5 Å². The van der Waals surface area contributed by atoms with Gasteiger partial charge in [-0.15, -0.1) is 0 Å². The SMILES string of the molecule is C=C(OCC(=O)c1ccc(-c2ccc(C(=O)COC(=O)[C@@H]3CCCN3C(=O)[C@@H](NC(=O)OC)C(C)C)c3c2CCC3)c2c1CCC2)[C@@H]1CCCN1C(=O)[C@@H](CC(=O)OC)C(C)C. The van der Waals surface area contributed by atoms with Gasteiger partial charge in [-0.2, -0.15) is 0 Å². The Morgan fingerprint density at radius 3 is 1.69 bits per heavy atom. The lowest BCUT2D eigenvalue weighted by Crippen LogP contribution is -2.54. The molecule has 4 aliphatic rings. The predicted octanol–water partition coefficient (Wildman–Crippen LogP) is 5.97. The van der Waals surface area contributed by atoms with E-state index in [-0.39, 0.29) is 48.4 Å². The lowest BCUT2D eigenvalue weighted by atomic mass is 9.87. The van der Waals surface area contributed by atoms with Gasteiger partial charge in [0.05, 0.1) is 32.6 Å². The van der Waals surface area contributed by atoms with Gasteiger partial charge in [-0.05, 0) is 109 Å². The maximum atomic E-state index is 13.8. The van der Waals surface area contributed by atoms with Gasteiger partial charge in [-0.3, -0.25) is 24.0 Å². The molecule has 2 heterocycles. The van der Waals surface area contributed by atoms with Crippen LogP contribution in [-0.4, -0.2) is 110 Å². The topological polar surface area (TPSA) is 175 Å². The van der Waals surface area contributed by atoms with Crippen LogP contribution in [0.4, 0.5) is 4.79 Å². The molecule has 0 saturated carbocycles. The Hall–Kier alpha value is -5.53. The lowest BCUT2D eigenvalue weighted by molar-refractivity contribution is -0.153. The summed E-state index contributed by atoms with van der Waals surface area (Å²) in [4.78, 5) is 95.0. The number of Topliss-reactive ketones (excluding diaryl/α,β-unsaturated/α-hetero) is 2. The van der Waals surface area contributed by atoms with Crippen molar-refractivity contribution in [1.29, 1.82) is 0 Å². The second-order valence-corrected chi connectivity index (χ2v) is 17.5. The molecular formula is C48H61N3O11. The summed E-state index contributed by atoms with van der Waals surface area (Å²) in [6, 6.07) is 5.50. The molecular weight excluding hydrogens is 795 g/mol. The summed E-state index contributed by atoms with van der Waals surface area (Å²) in [6.07, 6.45) is 6.48. The highest BCUT2D eigenvalue weighted by molar-refractivity contribution is 6.02. The average molecular weight is 856 g/mol. The molecule has 2 aromatic rings. The highest BCUT2D eigenvalue weighted by Gasteiger charge is 2.41. The molecule has 2 fully saturated rings. The summed E-state index contributed by atoms with van der Waals surface area (Å²) in [5.74, 6) is -2.60. The number of likely N-dealkylation sites (tertiary alicyclic amines) is 2. The summed E-state index contributed by atoms with van der Waals surface area (Å²) >= 11 is 0. The molecule has 334 valence electrons. The molecule has 2 saturated heterocycles. The first-order chi connectivity index (χ1) is 29.7. The highest BCUT2D eigenvalue weighted by atomic mass is 16.5. The normalized spacial score (nSPS) is 18.8. The second-order valence-electron chi connectivity index (χ2n) is 17.5. The number of fused-ring (bicyclic) bond motifs is 2. The van der Waals surface area contributed by atoms with E-state index in [1.165, 1.54) is 19.1 Å². The minimum Gasteiger partial charge on any atom is -0.488 e. The van der Waals surface area contributed by atoms with Gasteiger partial charge in [-0.1, -0.05) is 58.5 Å². The maximum absolute atomic E-state index is 13.8. The molecule has 0 bridgehead atoms. The fourth-order valence-electron chi connectivity index (χ4n) is 9.68. The number of alkyl carbamates (subject to hydrolysis) is 1. The predicted molar refractivity (Wildman–Crippen MR) is 229 cm³/mol. The number of hydrogen-bond donors (Lipinski definition) is 1. The molecule has 2 aliphatic carbocycles. The number of rotatable bonds is 17. The van der Waals surface area contributed by atoms with Gasteiger partial charge < -0.3 is 34.1 Å². The number of nitrogens with zero attached hydrogens (tertiary/aromatic N) is 2. The minimum absolute atomic E-state index is 0.00323. The van der Waals surface area contributed by atoms with E-state index >= 15 is 0 Å². The van der Waals surface area contributed by atoms with Crippen LogP contribution in [0.2, 0.25) is 0 Å². The van der Waals surface area contributed by atoms with Gasteiger partial charge in [0.1, 0.15) is 17.8 Å². The van der Waals surface area contributed by atoms with Gasteiger partial charge in [0.25, 0.3) is 0 Å². The van der Waals surface area contributed by atoms with Crippen LogP contribution in [0, 0.1) is 17.8 Å². The quantitative estimate of drug-likeness (QED) is 0.0860. The van der Waals surface area contributed by atoms with Crippen molar-refractivity contribution in [3.63, 3.8) is 0 Å². The Labute approximate surface area is 364 Å². The first-order valence-electron chi connectivity index (χ1n) is 22.0. The van der Waals surface area contributed by atoms with Crippen LogP contribution >= 0.6 is 0 Å². The average Bonchev–Trinajstić information content (AvgIpc) is 4.11. The third kappa shape index (κ3) is 9.74. The van der Waals surface area contributed by atoms with E-state index in [9.17, 15) is 33.6 Å². The number of esters is 2. The van der Waals surface area contributed by atoms with Crippen LogP contribution < -0.4 is 5.32 Å². The van der Waals surface area contributed by atoms with Gasteiger partial charge >= 0.3 is 18.0 Å². The van der Waals surface area contributed by atoms with Crippen molar-refractivity contribution in [3.05, 3.63) is 70.0 Å². The van der Waals surface area contributed by atoms with Crippen LogP contribution in [-0.2, 0) is 63.8 Å². The van der Waals surface area contributed by atoms with Gasteiger partial charge in [-0.25, -0.2) is 9.59 Å². The minimum atomic E-state index is -0.880. The molecule has 3 amide bonds. The Morgan fingerprint density at radius 1 is 0.661 bits per heavy atom. The Bertz CT molecular complexity index is 1960. The smallest absolute Gasteiger partial charge is 0.407 e. The van der Waals surface area contributed by atoms with Gasteiger partial charge in [0.15, 0.2) is 19.0 Å². The number of benzene rings is 2. The molecule has 4 atom stereocenters. The fraction of sp³-hybridized carbons (Fsp3) is 0.562. The molecule has 14 nitrogen and oxygen atoms in total. The van der Waals surface area contributed by atoms with Crippen molar-refractivity contribution in [2.75, 3.05) is 40.5 Å². The van der Waals surface area contributed by atoms with E-state index in [2.05, 4.69) is 16.6 Å². The zero-order valence-electron chi connectivity index (χ0n) is 37.0. The van der Waals surface area contributed by atoms with E-state index in [0.717, 1.165) is 71.9 Å². The zero-order valence-corrected chi connectivity index (χ0v) is 37.0. The van der Waals surface area contributed by atoms with Gasteiger partial charge in [0, 0.05) is 24.2 Å². The molecule has 0 aromatic heterocycles. The Kier molecular flexibility index (Phi) is 14.9. The number of ketones is 2. The van der Waals surface area contributed by atoms with E-state index in [0.29, 0.717) is 55.7 Å². The van der Waals surface area contributed by atoms with E-state index < -0.39 is 48.5 Å². The van der Waals surface area contributed by atoms with Crippen LogP contribution in [0.1, 0.15) is 116 Å².